The Morgan fingerprint density at radius 3 is 2.36 bits per heavy atom. The quantitative estimate of drug-likeness (QED) is 0.517. The lowest BCUT2D eigenvalue weighted by atomic mass is 10.2. The minimum Gasteiger partial charge on any atom is -0.497 e. The first-order valence-electron chi connectivity index (χ1n) is 6.33. The van der Waals surface area contributed by atoms with Crippen molar-refractivity contribution in [2.45, 2.75) is 0 Å². The van der Waals surface area contributed by atoms with E-state index in [-0.39, 0.29) is 5.69 Å². The van der Waals surface area contributed by atoms with Gasteiger partial charge in [-0.1, -0.05) is 12.2 Å². The lowest BCUT2D eigenvalue weighted by molar-refractivity contribution is -0.384. The van der Waals surface area contributed by atoms with Crippen LogP contribution in [0.2, 0.25) is 0 Å². The Bertz CT molecular complexity index is 701. The number of thiocarbonyl (C=S) groups is 1. The van der Waals surface area contributed by atoms with Crippen molar-refractivity contribution >= 4 is 28.6 Å². The number of anilines is 1. The number of non-ortho nitro benzene ring substituents is 1. The molecule has 0 aliphatic carbocycles. The van der Waals surface area contributed by atoms with Crippen molar-refractivity contribution in [2.24, 2.45) is 0 Å². The fraction of sp³-hybridized carbons (Fsp3) is 0.133. The van der Waals surface area contributed by atoms with Crippen LogP contribution in [0, 0.1) is 10.1 Å². The highest BCUT2D eigenvalue weighted by atomic mass is 32.1. The summed E-state index contributed by atoms with van der Waals surface area (Å²) in [5.41, 5.74) is 1.35. The highest BCUT2D eigenvalue weighted by molar-refractivity contribution is 7.81. The Morgan fingerprint density at radius 2 is 1.82 bits per heavy atom. The molecule has 0 aliphatic heterocycles. The molecule has 0 saturated carbocycles. The summed E-state index contributed by atoms with van der Waals surface area (Å²) in [6.45, 7) is 0. The van der Waals surface area contributed by atoms with E-state index in [4.69, 9.17) is 21.7 Å². The average Bonchev–Trinajstić information content (AvgIpc) is 2.54. The number of hydrogen-bond acceptors (Lipinski definition) is 5. The Hall–Kier alpha value is -2.67. The predicted molar refractivity (Wildman–Crippen MR) is 88.0 cm³/mol. The number of nitro benzene ring substituents is 1. The molecule has 0 heterocycles. The summed E-state index contributed by atoms with van der Waals surface area (Å²) in [5, 5.41) is 13.7. The first-order valence-corrected chi connectivity index (χ1v) is 6.74. The van der Waals surface area contributed by atoms with Gasteiger partial charge in [-0.3, -0.25) is 10.1 Å². The van der Waals surface area contributed by atoms with Gasteiger partial charge in [-0.25, -0.2) is 0 Å². The molecule has 0 amide bonds. The van der Waals surface area contributed by atoms with Crippen LogP contribution >= 0.6 is 12.2 Å². The summed E-state index contributed by atoms with van der Waals surface area (Å²) < 4.78 is 10.4. The maximum Gasteiger partial charge on any atom is 0.269 e. The van der Waals surface area contributed by atoms with E-state index in [0.29, 0.717) is 27.7 Å². The smallest absolute Gasteiger partial charge is 0.269 e. The van der Waals surface area contributed by atoms with Crippen LogP contribution in [0.5, 0.6) is 11.5 Å². The van der Waals surface area contributed by atoms with Crippen molar-refractivity contribution in [3.8, 4) is 11.5 Å². The standard InChI is InChI=1S/C15H14N2O4S/c1-20-12-7-8-14(21-2)13(9-12)16-15(22)10-3-5-11(6-4-10)17(18)19/h3-9H,1-2H3,(H,16,22). The van der Waals surface area contributed by atoms with Gasteiger partial charge in [0, 0.05) is 23.8 Å². The molecular weight excluding hydrogens is 304 g/mol. The van der Waals surface area contributed by atoms with Crippen LogP contribution in [0.15, 0.2) is 42.5 Å². The van der Waals surface area contributed by atoms with E-state index in [9.17, 15) is 10.1 Å². The summed E-state index contributed by atoms with van der Waals surface area (Å²) in [5.74, 6) is 1.28. The number of rotatable bonds is 5. The van der Waals surface area contributed by atoms with Crippen LogP contribution in [0.1, 0.15) is 5.56 Å². The van der Waals surface area contributed by atoms with Gasteiger partial charge in [0.15, 0.2) is 0 Å². The molecule has 0 radical (unpaired) electrons. The minimum atomic E-state index is -0.453. The molecule has 0 aliphatic rings. The zero-order valence-electron chi connectivity index (χ0n) is 12.0. The Morgan fingerprint density at radius 1 is 1.14 bits per heavy atom. The van der Waals surface area contributed by atoms with Gasteiger partial charge in [0.2, 0.25) is 0 Å². The molecule has 0 spiro atoms. The van der Waals surface area contributed by atoms with Crippen molar-refractivity contribution in [1.82, 2.24) is 0 Å². The first kappa shape index (κ1) is 15.7. The number of nitro groups is 1. The number of benzene rings is 2. The Balaban J connectivity index is 2.22. The normalized spacial score (nSPS) is 9.91. The van der Waals surface area contributed by atoms with Gasteiger partial charge in [-0.05, 0) is 24.3 Å². The van der Waals surface area contributed by atoms with Crippen molar-refractivity contribution in [1.29, 1.82) is 0 Å². The monoisotopic (exact) mass is 318 g/mol. The van der Waals surface area contributed by atoms with E-state index in [1.54, 1.807) is 44.6 Å². The maximum atomic E-state index is 10.7. The molecule has 0 fully saturated rings. The van der Waals surface area contributed by atoms with Gasteiger partial charge in [-0.15, -0.1) is 0 Å². The summed E-state index contributed by atoms with van der Waals surface area (Å²) in [6.07, 6.45) is 0. The molecular formula is C15H14N2O4S. The fourth-order valence-electron chi connectivity index (χ4n) is 1.84. The minimum absolute atomic E-state index is 0.0190. The zero-order chi connectivity index (χ0) is 16.1. The maximum absolute atomic E-state index is 10.7. The number of methoxy groups -OCH3 is 2. The van der Waals surface area contributed by atoms with E-state index < -0.39 is 4.92 Å². The molecule has 7 heteroatoms. The number of nitrogens with zero attached hydrogens (tertiary/aromatic N) is 1. The van der Waals surface area contributed by atoms with E-state index in [1.807, 2.05) is 0 Å². The van der Waals surface area contributed by atoms with Gasteiger partial charge in [0.1, 0.15) is 16.5 Å². The predicted octanol–water partition coefficient (Wildman–Crippen LogP) is 3.40. The molecule has 0 unspecified atom stereocenters. The molecule has 2 rings (SSSR count). The molecule has 2 aromatic rings. The lowest BCUT2D eigenvalue weighted by Gasteiger charge is -2.13. The van der Waals surface area contributed by atoms with Gasteiger partial charge in [0.05, 0.1) is 24.8 Å². The molecule has 0 aromatic heterocycles. The van der Waals surface area contributed by atoms with Crippen molar-refractivity contribution in [2.75, 3.05) is 19.5 Å². The first-order chi connectivity index (χ1) is 10.5. The third-order valence-electron chi connectivity index (χ3n) is 3.00. The van der Waals surface area contributed by atoms with E-state index in [0.717, 1.165) is 0 Å². The molecule has 0 saturated heterocycles. The molecule has 2 aromatic carbocycles. The van der Waals surface area contributed by atoms with Crippen molar-refractivity contribution < 1.29 is 14.4 Å². The largest absolute Gasteiger partial charge is 0.497 e. The van der Waals surface area contributed by atoms with E-state index in [2.05, 4.69) is 5.32 Å². The topological polar surface area (TPSA) is 73.6 Å². The van der Waals surface area contributed by atoms with Crippen molar-refractivity contribution in [3.63, 3.8) is 0 Å². The zero-order valence-corrected chi connectivity index (χ0v) is 12.8. The second kappa shape index (κ2) is 6.86. The van der Waals surface area contributed by atoms with Gasteiger partial charge in [-0.2, -0.15) is 0 Å². The summed E-state index contributed by atoms with van der Waals surface area (Å²) in [7, 11) is 3.13. The SMILES string of the molecule is COc1ccc(OC)c(NC(=S)c2ccc([N+](=O)[O-])cc2)c1. The van der Waals surface area contributed by atoms with Crippen LogP contribution < -0.4 is 14.8 Å². The van der Waals surface area contributed by atoms with Gasteiger partial charge in [0.25, 0.3) is 5.69 Å². The molecule has 22 heavy (non-hydrogen) atoms. The third-order valence-corrected chi connectivity index (χ3v) is 3.33. The molecule has 114 valence electrons. The molecule has 6 nitrogen and oxygen atoms in total. The van der Waals surface area contributed by atoms with E-state index in [1.165, 1.54) is 12.1 Å². The summed E-state index contributed by atoms with van der Waals surface area (Å²) >= 11 is 5.32. The van der Waals surface area contributed by atoms with Crippen LogP contribution in [-0.2, 0) is 0 Å². The van der Waals surface area contributed by atoms with Crippen LogP contribution in [0.4, 0.5) is 11.4 Å². The average molecular weight is 318 g/mol. The summed E-state index contributed by atoms with van der Waals surface area (Å²) in [4.78, 5) is 10.6. The van der Waals surface area contributed by atoms with Crippen LogP contribution in [0.3, 0.4) is 0 Å². The highest BCUT2D eigenvalue weighted by Crippen LogP contribution is 2.29. The number of nitrogens with one attached hydrogen (secondary N) is 1. The molecule has 1 N–H and O–H groups in total. The second-order valence-electron chi connectivity index (χ2n) is 4.32. The Kier molecular flexibility index (Phi) is 4.90. The van der Waals surface area contributed by atoms with Crippen molar-refractivity contribution in [3.05, 3.63) is 58.1 Å². The van der Waals surface area contributed by atoms with Gasteiger partial charge >= 0.3 is 0 Å². The van der Waals surface area contributed by atoms with Crippen LogP contribution in [0.25, 0.3) is 0 Å². The Labute approximate surface area is 132 Å². The second-order valence-corrected chi connectivity index (χ2v) is 4.73. The molecule has 0 atom stereocenters. The number of hydrogen-bond donors (Lipinski definition) is 1. The summed E-state index contributed by atoms with van der Waals surface area (Å²) in [6, 6.07) is 11.3. The third kappa shape index (κ3) is 3.50. The lowest BCUT2D eigenvalue weighted by Crippen LogP contribution is -2.11. The van der Waals surface area contributed by atoms with Gasteiger partial charge < -0.3 is 14.8 Å². The molecule has 0 bridgehead atoms. The van der Waals surface area contributed by atoms with Crippen LogP contribution in [-0.4, -0.2) is 24.1 Å². The number of ether oxygens (including phenoxy) is 2. The fourth-order valence-corrected chi connectivity index (χ4v) is 2.09. The van der Waals surface area contributed by atoms with E-state index >= 15 is 0 Å². The highest BCUT2D eigenvalue weighted by Gasteiger charge is 2.10.